The first-order valence-corrected chi connectivity index (χ1v) is 14.6. The molecule has 10 heteroatoms. The quantitative estimate of drug-likeness (QED) is 0.449. The van der Waals surface area contributed by atoms with Crippen LogP contribution in [-0.4, -0.2) is 93.3 Å². The molecule has 2 aromatic rings. The normalized spacial score (nSPS) is 19.5. The zero-order chi connectivity index (χ0) is 30.3. The minimum Gasteiger partial charge on any atom is -0.337 e. The summed E-state index contributed by atoms with van der Waals surface area (Å²) in [5, 5.41) is 0. The van der Waals surface area contributed by atoms with E-state index >= 15 is 0 Å². The number of benzene rings is 2. The average molecular weight is 573 g/mol. The van der Waals surface area contributed by atoms with Crippen molar-refractivity contribution in [3.05, 3.63) is 70.8 Å². The predicted molar refractivity (Wildman–Crippen MR) is 154 cm³/mol. The van der Waals surface area contributed by atoms with Gasteiger partial charge in [-0.25, -0.2) is 0 Å². The van der Waals surface area contributed by atoms with Crippen LogP contribution in [0.2, 0.25) is 0 Å². The van der Waals surface area contributed by atoms with Gasteiger partial charge in [-0.2, -0.15) is 0 Å². The van der Waals surface area contributed by atoms with Crippen LogP contribution >= 0.6 is 0 Å². The molecule has 0 unspecified atom stereocenters. The van der Waals surface area contributed by atoms with E-state index < -0.39 is 35.7 Å². The second kappa shape index (κ2) is 11.5. The van der Waals surface area contributed by atoms with Crippen LogP contribution in [0.3, 0.4) is 0 Å². The summed E-state index contributed by atoms with van der Waals surface area (Å²) >= 11 is 0. The van der Waals surface area contributed by atoms with Gasteiger partial charge in [-0.1, -0.05) is 64.8 Å². The van der Waals surface area contributed by atoms with Crippen molar-refractivity contribution in [2.75, 3.05) is 26.2 Å². The molecule has 42 heavy (non-hydrogen) atoms. The highest BCUT2D eigenvalue weighted by atomic mass is 16.2. The van der Waals surface area contributed by atoms with Crippen molar-refractivity contribution in [2.45, 2.75) is 52.6 Å². The van der Waals surface area contributed by atoms with E-state index in [4.69, 9.17) is 0 Å². The molecule has 4 atom stereocenters. The molecular formula is C32H36N4O6. The molecule has 220 valence electrons. The molecule has 3 aliphatic heterocycles. The molecule has 0 radical (unpaired) electrons. The van der Waals surface area contributed by atoms with Gasteiger partial charge in [0.2, 0.25) is 11.8 Å². The fourth-order valence-electron chi connectivity index (χ4n) is 6.11. The molecule has 3 heterocycles. The van der Waals surface area contributed by atoms with Crippen LogP contribution < -0.4 is 0 Å². The van der Waals surface area contributed by atoms with Gasteiger partial charge >= 0.3 is 0 Å². The SMILES string of the molecule is CC[C@@H](C)[C@@H](C(=O)N1CCN(C(=O)[C@H]([C@H](C)CC)N2C(=O)c3ccccc3C2=O)CC1)N1C(=O)c2ccccc2C1=O. The summed E-state index contributed by atoms with van der Waals surface area (Å²) in [6, 6.07) is 11.2. The fraction of sp³-hybridized carbons (Fsp3) is 0.438. The molecule has 0 spiro atoms. The number of hydrogen-bond donors (Lipinski definition) is 0. The van der Waals surface area contributed by atoms with Crippen LogP contribution in [0.25, 0.3) is 0 Å². The third-order valence-corrected chi connectivity index (χ3v) is 8.98. The van der Waals surface area contributed by atoms with E-state index in [0.717, 1.165) is 9.80 Å². The number of carbonyl (C=O) groups is 6. The first-order valence-electron chi connectivity index (χ1n) is 14.6. The summed E-state index contributed by atoms with van der Waals surface area (Å²) in [5.74, 6) is -3.10. The molecule has 0 bridgehead atoms. The van der Waals surface area contributed by atoms with Crippen molar-refractivity contribution >= 4 is 35.4 Å². The summed E-state index contributed by atoms with van der Waals surface area (Å²) in [4.78, 5) is 86.2. The number of fused-ring (bicyclic) bond motifs is 2. The average Bonchev–Trinajstić information content (AvgIpc) is 3.42. The first-order chi connectivity index (χ1) is 20.1. The highest BCUT2D eigenvalue weighted by molar-refractivity contribution is 6.23. The lowest BCUT2D eigenvalue weighted by atomic mass is 9.95. The fourth-order valence-corrected chi connectivity index (χ4v) is 6.11. The minimum absolute atomic E-state index is 0.204. The zero-order valence-corrected chi connectivity index (χ0v) is 24.4. The summed E-state index contributed by atoms with van der Waals surface area (Å²) in [6.07, 6.45) is 1.16. The molecule has 5 rings (SSSR count). The molecule has 6 amide bonds. The third-order valence-electron chi connectivity index (χ3n) is 8.98. The van der Waals surface area contributed by atoms with Crippen LogP contribution in [0, 0.1) is 11.8 Å². The van der Waals surface area contributed by atoms with E-state index in [1.165, 1.54) is 0 Å². The Kier molecular flexibility index (Phi) is 7.99. The highest BCUT2D eigenvalue weighted by Crippen LogP contribution is 2.31. The molecule has 3 aliphatic rings. The summed E-state index contributed by atoms with van der Waals surface area (Å²) in [5.41, 5.74) is 1.18. The van der Waals surface area contributed by atoms with Gasteiger partial charge in [0.05, 0.1) is 22.3 Å². The lowest BCUT2D eigenvalue weighted by Crippen LogP contribution is -2.61. The van der Waals surface area contributed by atoms with Crippen LogP contribution in [0.5, 0.6) is 0 Å². The van der Waals surface area contributed by atoms with Gasteiger partial charge in [0.15, 0.2) is 0 Å². The maximum Gasteiger partial charge on any atom is 0.262 e. The van der Waals surface area contributed by atoms with Crippen LogP contribution in [0.1, 0.15) is 82.0 Å². The van der Waals surface area contributed by atoms with Crippen molar-refractivity contribution in [1.82, 2.24) is 19.6 Å². The molecule has 0 aliphatic carbocycles. The molecule has 1 fully saturated rings. The van der Waals surface area contributed by atoms with Gasteiger partial charge in [-0.05, 0) is 36.1 Å². The predicted octanol–water partition coefficient (Wildman–Crippen LogP) is 3.08. The minimum atomic E-state index is -0.962. The number of piperazine rings is 1. The Hall–Kier alpha value is -4.34. The Labute approximate surface area is 245 Å². The Balaban J connectivity index is 1.32. The number of nitrogens with zero attached hydrogens (tertiary/aromatic N) is 4. The number of hydrogen-bond acceptors (Lipinski definition) is 6. The van der Waals surface area contributed by atoms with Crippen molar-refractivity contribution in [2.24, 2.45) is 11.8 Å². The van der Waals surface area contributed by atoms with Gasteiger partial charge in [0, 0.05) is 26.2 Å². The van der Waals surface area contributed by atoms with Gasteiger partial charge in [0.25, 0.3) is 23.6 Å². The molecule has 0 N–H and O–H groups in total. The van der Waals surface area contributed by atoms with E-state index in [1.54, 1.807) is 58.3 Å². The lowest BCUT2D eigenvalue weighted by molar-refractivity contribution is -0.145. The monoisotopic (exact) mass is 572 g/mol. The van der Waals surface area contributed by atoms with E-state index in [0.29, 0.717) is 35.1 Å². The Morgan fingerprint density at radius 3 is 1.07 bits per heavy atom. The van der Waals surface area contributed by atoms with Gasteiger partial charge in [-0.15, -0.1) is 0 Å². The van der Waals surface area contributed by atoms with Crippen LogP contribution in [0.4, 0.5) is 0 Å². The molecule has 10 nitrogen and oxygen atoms in total. The summed E-state index contributed by atoms with van der Waals surface area (Å²) in [6.45, 7) is 8.34. The summed E-state index contributed by atoms with van der Waals surface area (Å²) in [7, 11) is 0. The van der Waals surface area contributed by atoms with Crippen molar-refractivity contribution in [3.8, 4) is 0 Å². The largest absolute Gasteiger partial charge is 0.337 e. The maximum absolute atomic E-state index is 13.9. The standard InChI is InChI=1S/C32H36N4O6/c1-5-19(3)25(35-27(37)21-11-7-8-12-22(21)28(35)38)31(41)33-15-17-34(18-16-33)32(42)26(20(4)6-2)36-29(39)23-13-9-10-14-24(23)30(36)40/h7-14,19-20,25-26H,5-6,15-18H2,1-4H3/t19-,20-,25+,26+/m1/s1. The lowest BCUT2D eigenvalue weighted by Gasteiger charge is -2.41. The van der Waals surface area contributed by atoms with Crippen LogP contribution in [-0.2, 0) is 9.59 Å². The second-order valence-corrected chi connectivity index (χ2v) is 11.4. The smallest absolute Gasteiger partial charge is 0.262 e. The highest BCUT2D eigenvalue weighted by Gasteiger charge is 2.48. The van der Waals surface area contributed by atoms with Gasteiger partial charge < -0.3 is 9.80 Å². The molecular weight excluding hydrogens is 536 g/mol. The summed E-state index contributed by atoms with van der Waals surface area (Å²) < 4.78 is 0. The van der Waals surface area contributed by atoms with Gasteiger partial charge in [0.1, 0.15) is 12.1 Å². The van der Waals surface area contributed by atoms with E-state index in [-0.39, 0.29) is 49.8 Å². The topological polar surface area (TPSA) is 115 Å². The van der Waals surface area contributed by atoms with E-state index in [9.17, 15) is 28.8 Å². The zero-order valence-electron chi connectivity index (χ0n) is 24.4. The Bertz CT molecular complexity index is 1280. The van der Waals surface area contributed by atoms with E-state index in [2.05, 4.69) is 0 Å². The van der Waals surface area contributed by atoms with Crippen molar-refractivity contribution in [3.63, 3.8) is 0 Å². The van der Waals surface area contributed by atoms with Crippen molar-refractivity contribution < 1.29 is 28.8 Å². The first kappa shape index (κ1) is 29.2. The number of amides is 6. The molecule has 0 saturated carbocycles. The second-order valence-electron chi connectivity index (χ2n) is 11.4. The number of carbonyl (C=O) groups excluding carboxylic acids is 6. The maximum atomic E-state index is 13.9. The van der Waals surface area contributed by atoms with Gasteiger partial charge in [-0.3, -0.25) is 38.6 Å². The molecule has 0 aromatic heterocycles. The van der Waals surface area contributed by atoms with Crippen molar-refractivity contribution in [1.29, 1.82) is 0 Å². The third kappa shape index (κ3) is 4.68. The molecule has 2 aromatic carbocycles. The Morgan fingerprint density at radius 1 is 0.571 bits per heavy atom. The van der Waals surface area contributed by atoms with E-state index in [1.807, 2.05) is 27.7 Å². The number of rotatable bonds is 8. The van der Waals surface area contributed by atoms with Crippen LogP contribution in [0.15, 0.2) is 48.5 Å². The number of imide groups is 2. The Morgan fingerprint density at radius 2 is 0.833 bits per heavy atom. The molecule has 1 saturated heterocycles.